The fraction of sp³-hybridized carbons (Fsp3) is 0.619. The summed E-state index contributed by atoms with van der Waals surface area (Å²) in [6, 6.07) is -5.58. The molecule has 0 heterocycles. The number of nitrogens with two attached hydrogens (primary N) is 5. The molecule has 39 heavy (non-hydrogen) atoms. The van der Waals surface area contributed by atoms with E-state index in [1.54, 1.807) is 0 Å². The van der Waals surface area contributed by atoms with Gasteiger partial charge in [-0.05, 0) is 32.1 Å². The highest BCUT2D eigenvalue weighted by atomic mass is 16.4. The van der Waals surface area contributed by atoms with Gasteiger partial charge in [0.2, 0.25) is 29.5 Å². The Balaban J connectivity index is 5.58. The van der Waals surface area contributed by atoms with Crippen molar-refractivity contribution in [3.05, 3.63) is 0 Å². The van der Waals surface area contributed by atoms with E-state index in [1.807, 2.05) is 0 Å². The van der Waals surface area contributed by atoms with Crippen molar-refractivity contribution in [2.75, 3.05) is 6.54 Å². The lowest BCUT2D eigenvalue weighted by atomic mass is 10.0. The summed E-state index contributed by atoms with van der Waals surface area (Å²) < 4.78 is 0. The SMILES string of the molecule is NC(=O)CCC(NC(=O)C(N)CCCN=C(N)N)C(=O)NC(CCC(N)=O)C(=O)NC(CCC(=O)O)C(=O)O. The molecule has 0 spiro atoms. The molecule has 4 unspecified atom stereocenters. The molecule has 18 heteroatoms. The van der Waals surface area contributed by atoms with Crippen LogP contribution in [0.2, 0.25) is 0 Å². The number of nitrogens with one attached hydrogen (secondary N) is 3. The lowest BCUT2D eigenvalue weighted by Gasteiger charge is -2.25. The van der Waals surface area contributed by atoms with Crippen molar-refractivity contribution in [2.45, 2.75) is 75.5 Å². The number of hydrogen-bond donors (Lipinski definition) is 10. The molecule has 4 atom stereocenters. The summed E-state index contributed by atoms with van der Waals surface area (Å²) in [5, 5.41) is 24.9. The highest BCUT2D eigenvalue weighted by Gasteiger charge is 2.30. The van der Waals surface area contributed by atoms with Crippen LogP contribution in [-0.2, 0) is 33.6 Å². The van der Waals surface area contributed by atoms with Gasteiger partial charge in [0.1, 0.15) is 18.1 Å². The largest absolute Gasteiger partial charge is 0.481 e. The van der Waals surface area contributed by atoms with Crippen LogP contribution in [0, 0.1) is 0 Å². The standard InChI is InChI=1S/C21H37N9O9/c22-10(2-1-9-27-21(25)26)17(35)28-11(3-6-14(23)31)18(36)29-12(4-7-15(24)32)19(37)30-13(20(38)39)5-8-16(33)34/h10-13H,1-9,22H2,(H2,23,31)(H2,24,32)(H,28,35)(H,29,36)(H,30,37)(H,33,34)(H,38,39)(H4,25,26,27). The summed E-state index contributed by atoms with van der Waals surface area (Å²) in [5.41, 5.74) is 26.6. The van der Waals surface area contributed by atoms with Crippen LogP contribution in [0.25, 0.3) is 0 Å². The van der Waals surface area contributed by atoms with Crippen LogP contribution in [0.1, 0.15) is 51.4 Å². The number of amides is 5. The zero-order valence-electron chi connectivity index (χ0n) is 21.3. The summed E-state index contributed by atoms with van der Waals surface area (Å²) in [6.45, 7) is 0.204. The topological polar surface area (TPSA) is 338 Å². The summed E-state index contributed by atoms with van der Waals surface area (Å²) in [7, 11) is 0. The summed E-state index contributed by atoms with van der Waals surface area (Å²) >= 11 is 0. The lowest BCUT2D eigenvalue weighted by Crippen LogP contribution is -2.57. The second kappa shape index (κ2) is 17.9. The fourth-order valence-electron chi connectivity index (χ4n) is 3.11. The molecule has 0 aromatic carbocycles. The lowest BCUT2D eigenvalue weighted by molar-refractivity contribution is -0.143. The van der Waals surface area contributed by atoms with Crippen molar-refractivity contribution in [1.82, 2.24) is 16.0 Å². The van der Waals surface area contributed by atoms with Crippen LogP contribution in [-0.4, -0.2) is 88.4 Å². The number of hydrogen-bond acceptors (Lipinski definition) is 9. The van der Waals surface area contributed by atoms with Gasteiger partial charge in [-0.1, -0.05) is 0 Å². The average molecular weight is 560 g/mol. The van der Waals surface area contributed by atoms with Crippen molar-refractivity contribution < 1.29 is 43.8 Å². The highest BCUT2D eigenvalue weighted by Crippen LogP contribution is 2.06. The predicted octanol–water partition coefficient (Wildman–Crippen LogP) is -4.70. The molecule has 0 aromatic rings. The van der Waals surface area contributed by atoms with Gasteiger partial charge in [0.05, 0.1) is 6.04 Å². The number of aliphatic carboxylic acids is 2. The Morgan fingerprint density at radius 1 is 0.641 bits per heavy atom. The Kier molecular flexibility index (Phi) is 15.8. The Morgan fingerprint density at radius 3 is 1.49 bits per heavy atom. The minimum absolute atomic E-state index is 0.136. The third kappa shape index (κ3) is 16.1. The van der Waals surface area contributed by atoms with Crippen molar-refractivity contribution in [3.8, 4) is 0 Å². The van der Waals surface area contributed by atoms with Gasteiger partial charge in [-0.3, -0.25) is 33.8 Å². The molecule has 0 saturated carbocycles. The van der Waals surface area contributed by atoms with E-state index in [4.69, 9.17) is 33.8 Å². The van der Waals surface area contributed by atoms with Gasteiger partial charge >= 0.3 is 11.9 Å². The quantitative estimate of drug-likeness (QED) is 0.0382. The third-order valence-corrected chi connectivity index (χ3v) is 5.19. The predicted molar refractivity (Wildman–Crippen MR) is 135 cm³/mol. The van der Waals surface area contributed by atoms with Crippen LogP contribution < -0.4 is 44.6 Å². The molecule has 220 valence electrons. The van der Waals surface area contributed by atoms with E-state index in [2.05, 4.69) is 20.9 Å². The van der Waals surface area contributed by atoms with Gasteiger partial charge in [0.15, 0.2) is 5.96 Å². The van der Waals surface area contributed by atoms with E-state index >= 15 is 0 Å². The summed E-state index contributed by atoms with van der Waals surface area (Å²) in [5.74, 6) is -7.33. The number of carboxylic acid groups (broad SMARTS) is 2. The zero-order chi connectivity index (χ0) is 30.1. The first kappa shape index (κ1) is 34.5. The first-order valence-electron chi connectivity index (χ1n) is 11.9. The molecule has 0 aliphatic heterocycles. The second-order valence-electron chi connectivity index (χ2n) is 8.52. The van der Waals surface area contributed by atoms with Gasteiger partial charge < -0.3 is 54.8 Å². The molecule has 18 nitrogen and oxygen atoms in total. The molecule has 0 aromatic heterocycles. The summed E-state index contributed by atoms with van der Waals surface area (Å²) in [4.78, 5) is 86.8. The number of nitrogens with zero attached hydrogens (tertiary/aromatic N) is 1. The van der Waals surface area contributed by atoms with Gasteiger partial charge in [0.25, 0.3) is 0 Å². The third-order valence-electron chi connectivity index (χ3n) is 5.19. The molecule has 0 bridgehead atoms. The average Bonchev–Trinajstić information content (AvgIpc) is 2.83. The maximum absolute atomic E-state index is 13.0. The molecule has 0 radical (unpaired) electrons. The second-order valence-corrected chi connectivity index (χ2v) is 8.52. The Labute approximate surface area is 223 Å². The molecule has 0 aliphatic rings. The van der Waals surface area contributed by atoms with E-state index in [9.17, 15) is 38.7 Å². The summed E-state index contributed by atoms with van der Waals surface area (Å²) in [6.07, 6.45) is -1.87. The van der Waals surface area contributed by atoms with Crippen LogP contribution in [0.4, 0.5) is 0 Å². The van der Waals surface area contributed by atoms with Crippen LogP contribution >= 0.6 is 0 Å². The van der Waals surface area contributed by atoms with Crippen LogP contribution in [0.5, 0.6) is 0 Å². The Bertz CT molecular complexity index is 938. The first-order valence-corrected chi connectivity index (χ1v) is 11.9. The van der Waals surface area contributed by atoms with Crippen LogP contribution in [0.15, 0.2) is 4.99 Å². The molecule has 15 N–H and O–H groups in total. The number of primary amides is 2. The molecular formula is C21H37N9O9. The van der Waals surface area contributed by atoms with Gasteiger partial charge in [-0.25, -0.2) is 4.79 Å². The van der Waals surface area contributed by atoms with E-state index < -0.39 is 78.5 Å². The monoisotopic (exact) mass is 559 g/mol. The van der Waals surface area contributed by atoms with Gasteiger partial charge in [-0.2, -0.15) is 0 Å². The number of carbonyl (C=O) groups is 7. The maximum Gasteiger partial charge on any atom is 0.326 e. The fourth-order valence-corrected chi connectivity index (χ4v) is 3.11. The van der Waals surface area contributed by atoms with E-state index in [0.29, 0.717) is 6.42 Å². The Morgan fingerprint density at radius 2 is 1.08 bits per heavy atom. The Hall–Kier alpha value is -4.48. The molecule has 0 saturated heterocycles. The van der Waals surface area contributed by atoms with Gasteiger partial charge in [0, 0.05) is 25.8 Å². The number of carboxylic acids is 2. The number of rotatable bonds is 20. The number of aliphatic imine (C=N–C) groups is 1. The maximum atomic E-state index is 13.0. The molecular weight excluding hydrogens is 522 g/mol. The van der Waals surface area contributed by atoms with E-state index in [0.717, 1.165) is 0 Å². The first-order chi connectivity index (χ1) is 18.1. The minimum Gasteiger partial charge on any atom is -0.481 e. The van der Waals surface area contributed by atoms with Crippen molar-refractivity contribution in [3.63, 3.8) is 0 Å². The highest BCUT2D eigenvalue weighted by molar-refractivity contribution is 5.94. The molecule has 0 rings (SSSR count). The zero-order valence-corrected chi connectivity index (χ0v) is 21.3. The van der Waals surface area contributed by atoms with Crippen molar-refractivity contribution in [2.24, 2.45) is 33.7 Å². The normalized spacial score (nSPS) is 13.6. The van der Waals surface area contributed by atoms with E-state index in [-0.39, 0.29) is 44.6 Å². The van der Waals surface area contributed by atoms with Gasteiger partial charge in [-0.15, -0.1) is 0 Å². The van der Waals surface area contributed by atoms with E-state index in [1.165, 1.54) is 0 Å². The molecule has 5 amide bonds. The van der Waals surface area contributed by atoms with Crippen molar-refractivity contribution in [1.29, 1.82) is 0 Å². The molecule has 0 fully saturated rings. The minimum atomic E-state index is -1.61. The number of guanidine groups is 1. The number of carbonyl (C=O) groups excluding carboxylic acids is 5. The molecule has 0 aliphatic carbocycles. The van der Waals surface area contributed by atoms with Crippen molar-refractivity contribution >= 4 is 47.4 Å². The smallest absolute Gasteiger partial charge is 0.326 e. The van der Waals surface area contributed by atoms with Crippen LogP contribution in [0.3, 0.4) is 0 Å².